The first-order chi connectivity index (χ1) is 7.90. The van der Waals surface area contributed by atoms with Gasteiger partial charge in [-0.2, -0.15) is 0 Å². The number of H-pyrrole nitrogens is 1. The molecule has 16 heavy (non-hydrogen) atoms. The number of aromatic amines is 1. The van der Waals surface area contributed by atoms with Gasteiger partial charge in [0.25, 0.3) is 0 Å². The van der Waals surface area contributed by atoms with E-state index in [1.165, 1.54) is 48.2 Å². The van der Waals surface area contributed by atoms with Crippen LogP contribution in [0.2, 0.25) is 0 Å². The molecular formula is C13H21N3. The number of rotatable bonds is 3. The summed E-state index contributed by atoms with van der Waals surface area (Å²) in [5.41, 5.74) is 11.7. The zero-order valence-electron chi connectivity index (χ0n) is 9.81. The van der Waals surface area contributed by atoms with Gasteiger partial charge in [0, 0.05) is 24.5 Å². The normalized spacial score (nSPS) is 20.6. The third-order valence-corrected chi connectivity index (χ3v) is 4.10. The van der Waals surface area contributed by atoms with Crippen molar-refractivity contribution in [1.29, 1.82) is 0 Å². The van der Waals surface area contributed by atoms with Crippen molar-refractivity contribution in [3.63, 3.8) is 0 Å². The van der Waals surface area contributed by atoms with Gasteiger partial charge < -0.3 is 16.0 Å². The lowest BCUT2D eigenvalue weighted by Crippen LogP contribution is -2.10. The minimum atomic E-state index is 0.768. The van der Waals surface area contributed by atoms with Gasteiger partial charge in [-0.25, -0.2) is 0 Å². The van der Waals surface area contributed by atoms with E-state index in [-0.39, 0.29) is 0 Å². The molecule has 0 saturated heterocycles. The minimum Gasteiger partial charge on any atom is -0.360 e. The summed E-state index contributed by atoms with van der Waals surface area (Å²) in [7, 11) is 0. The smallest absolute Gasteiger partial charge is 0.0363 e. The Hall–Kier alpha value is -0.800. The molecule has 1 aliphatic carbocycles. The molecule has 0 atom stereocenters. The molecule has 0 spiro atoms. The van der Waals surface area contributed by atoms with Crippen molar-refractivity contribution in [3.05, 3.63) is 22.5 Å². The second-order valence-corrected chi connectivity index (χ2v) is 5.10. The predicted octanol–water partition coefficient (Wildman–Crippen LogP) is 1.78. The highest BCUT2D eigenvalue weighted by Crippen LogP contribution is 2.38. The van der Waals surface area contributed by atoms with Crippen molar-refractivity contribution in [2.45, 2.75) is 51.1 Å². The number of fused-ring (bicyclic) bond motifs is 1. The molecule has 3 rings (SSSR count). The maximum atomic E-state index is 5.75. The molecular weight excluding hydrogens is 198 g/mol. The second-order valence-electron chi connectivity index (χ2n) is 5.10. The Morgan fingerprint density at radius 1 is 1.19 bits per heavy atom. The molecule has 3 heteroatoms. The summed E-state index contributed by atoms with van der Waals surface area (Å²) >= 11 is 0. The van der Waals surface area contributed by atoms with Gasteiger partial charge in [0.1, 0.15) is 0 Å². The maximum Gasteiger partial charge on any atom is 0.0363 e. The van der Waals surface area contributed by atoms with Crippen molar-refractivity contribution in [2.24, 2.45) is 5.73 Å². The Labute approximate surface area is 96.8 Å². The van der Waals surface area contributed by atoms with Gasteiger partial charge in [-0.3, -0.25) is 0 Å². The number of hydrogen-bond donors (Lipinski definition) is 3. The van der Waals surface area contributed by atoms with E-state index in [0.29, 0.717) is 0 Å². The number of aromatic nitrogens is 1. The molecule has 0 radical (unpaired) electrons. The van der Waals surface area contributed by atoms with Gasteiger partial charge in [0.2, 0.25) is 0 Å². The first-order valence-corrected chi connectivity index (χ1v) is 6.53. The van der Waals surface area contributed by atoms with Gasteiger partial charge in [-0.05, 0) is 42.9 Å². The fourth-order valence-electron chi connectivity index (χ4n) is 3.33. The van der Waals surface area contributed by atoms with Gasteiger partial charge in [-0.15, -0.1) is 0 Å². The van der Waals surface area contributed by atoms with Crippen LogP contribution in [0.5, 0.6) is 0 Å². The summed E-state index contributed by atoms with van der Waals surface area (Å²) in [6.45, 7) is 2.82. The van der Waals surface area contributed by atoms with Crippen LogP contribution in [0.4, 0.5) is 0 Å². The SMILES string of the molecule is NCCc1c(C2CCCC2)[nH]c2c1CNC2. The van der Waals surface area contributed by atoms with Crippen LogP contribution in [-0.4, -0.2) is 11.5 Å². The molecule has 0 aromatic carbocycles. The summed E-state index contributed by atoms with van der Waals surface area (Å²) in [6.07, 6.45) is 6.57. The summed E-state index contributed by atoms with van der Waals surface area (Å²) in [6, 6.07) is 0. The zero-order valence-corrected chi connectivity index (χ0v) is 9.81. The number of nitrogens with two attached hydrogens (primary N) is 1. The molecule has 3 nitrogen and oxygen atoms in total. The summed E-state index contributed by atoms with van der Waals surface area (Å²) in [4.78, 5) is 3.67. The maximum absolute atomic E-state index is 5.75. The fourth-order valence-corrected chi connectivity index (χ4v) is 3.33. The van der Waals surface area contributed by atoms with E-state index in [0.717, 1.165) is 32.0 Å². The summed E-state index contributed by atoms with van der Waals surface area (Å²) in [5.74, 6) is 0.784. The monoisotopic (exact) mass is 219 g/mol. The lowest BCUT2D eigenvalue weighted by molar-refractivity contribution is 0.673. The quantitative estimate of drug-likeness (QED) is 0.726. The van der Waals surface area contributed by atoms with Crippen LogP contribution in [0.15, 0.2) is 0 Å². The number of hydrogen-bond acceptors (Lipinski definition) is 2. The Bertz CT molecular complexity index is 375. The highest BCUT2D eigenvalue weighted by Gasteiger charge is 2.26. The first kappa shape index (κ1) is 10.4. The molecule has 1 aromatic heterocycles. The summed E-state index contributed by atoms with van der Waals surface area (Å²) < 4.78 is 0. The zero-order chi connectivity index (χ0) is 11.0. The van der Waals surface area contributed by atoms with E-state index >= 15 is 0 Å². The average Bonchev–Trinajstić information content (AvgIpc) is 2.93. The van der Waals surface area contributed by atoms with E-state index < -0.39 is 0 Å². The van der Waals surface area contributed by atoms with E-state index in [1.807, 2.05) is 0 Å². The Morgan fingerprint density at radius 3 is 2.75 bits per heavy atom. The lowest BCUT2D eigenvalue weighted by Gasteiger charge is -2.12. The topological polar surface area (TPSA) is 53.8 Å². The highest BCUT2D eigenvalue weighted by atomic mass is 14.9. The molecule has 88 valence electrons. The average molecular weight is 219 g/mol. The molecule has 4 N–H and O–H groups in total. The van der Waals surface area contributed by atoms with Gasteiger partial charge in [0.05, 0.1) is 0 Å². The molecule has 1 aromatic rings. The van der Waals surface area contributed by atoms with Crippen molar-refractivity contribution in [3.8, 4) is 0 Å². The van der Waals surface area contributed by atoms with Gasteiger partial charge in [-0.1, -0.05) is 12.8 Å². The molecule has 1 aliphatic heterocycles. The lowest BCUT2D eigenvalue weighted by atomic mass is 9.96. The third kappa shape index (κ3) is 1.59. The van der Waals surface area contributed by atoms with E-state index in [2.05, 4.69) is 10.3 Å². The van der Waals surface area contributed by atoms with Crippen LogP contribution in [0.3, 0.4) is 0 Å². The van der Waals surface area contributed by atoms with Crippen molar-refractivity contribution in [2.75, 3.05) is 6.54 Å². The van der Waals surface area contributed by atoms with Crippen molar-refractivity contribution in [1.82, 2.24) is 10.3 Å². The van der Waals surface area contributed by atoms with Crippen LogP contribution in [0.1, 0.15) is 54.1 Å². The largest absolute Gasteiger partial charge is 0.360 e. The molecule has 2 heterocycles. The third-order valence-electron chi connectivity index (χ3n) is 4.10. The molecule has 1 saturated carbocycles. The van der Waals surface area contributed by atoms with Crippen LogP contribution in [-0.2, 0) is 19.5 Å². The van der Waals surface area contributed by atoms with Crippen LogP contribution >= 0.6 is 0 Å². The Kier molecular flexibility index (Phi) is 2.74. The molecule has 2 aliphatic rings. The molecule has 0 amide bonds. The van der Waals surface area contributed by atoms with Crippen LogP contribution in [0, 0.1) is 0 Å². The Morgan fingerprint density at radius 2 is 2.00 bits per heavy atom. The molecule has 1 fully saturated rings. The van der Waals surface area contributed by atoms with Crippen molar-refractivity contribution < 1.29 is 0 Å². The van der Waals surface area contributed by atoms with Gasteiger partial charge >= 0.3 is 0 Å². The fraction of sp³-hybridized carbons (Fsp3) is 0.692. The molecule has 0 bridgehead atoms. The van der Waals surface area contributed by atoms with E-state index in [9.17, 15) is 0 Å². The summed E-state index contributed by atoms with van der Waals surface area (Å²) in [5, 5.41) is 3.41. The second kappa shape index (κ2) is 4.22. The Balaban J connectivity index is 1.96. The van der Waals surface area contributed by atoms with E-state index in [1.54, 1.807) is 0 Å². The van der Waals surface area contributed by atoms with Crippen molar-refractivity contribution >= 4 is 0 Å². The first-order valence-electron chi connectivity index (χ1n) is 6.53. The van der Waals surface area contributed by atoms with Crippen LogP contribution in [0.25, 0.3) is 0 Å². The van der Waals surface area contributed by atoms with E-state index in [4.69, 9.17) is 5.73 Å². The molecule has 0 unspecified atom stereocenters. The minimum absolute atomic E-state index is 0.768. The van der Waals surface area contributed by atoms with Crippen LogP contribution < -0.4 is 11.1 Å². The predicted molar refractivity (Wildman–Crippen MR) is 65.3 cm³/mol. The van der Waals surface area contributed by atoms with Gasteiger partial charge in [0.15, 0.2) is 0 Å². The highest BCUT2D eigenvalue weighted by molar-refractivity contribution is 5.41. The number of nitrogens with one attached hydrogen (secondary N) is 2. The standard InChI is InChI=1S/C13H21N3/c14-6-5-10-11-7-15-8-12(11)16-13(10)9-3-1-2-4-9/h9,15-16H,1-8,14H2.